The number of halogens is 1. The first-order valence-corrected chi connectivity index (χ1v) is 5.19. The molecule has 2 atom stereocenters. The van der Waals surface area contributed by atoms with Crippen LogP contribution >= 0.6 is 0 Å². The fraction of sp³-hybridized carbons (Fsp3) is 0.818. The minimum absolute atomic E-state index is 0.147. The SMILES string of the molecule is C=C(C)C[C@]12CCCN1CC[C@@H]2F. The summed E-state index contributed by atoms with van der Waals surface area (Å²) in [5.41, 5.74) is 0.975. The maximum Gasteiger partial charge on any atom is 0.120 e. The molecule has 2 fully saturated rings. The van der Waals surface area contributed by atoms with Gasteiger partial charge in [-0.15, -0.1) is 6.58 Å². The van der Waals surface area contributed by atoms with Crippen LogP contribution in [-0.4, -0.2) is 29.7 Å². The molecule has 2 aliphatic heterocycles. The van der Waals surface area contributed by atoms with E-state index in [1.807, 2.05) is 6.92 Å². The van der Waals surface area contributed by atoms with Crippen molar-refractivity contribution in [2.75, 3.05) is 13.1 Å². The van der Waals surface area contributed by atoms with Gasteiger partial charge in [0.05, 0.1) is 5.54 Å². The van der Waals surface area contributed by atoms with E-state index in [-0.39, 0.29) is 5.54 Å². The molecule has 2 aliphatic rings. The third-order valence-corrected chi connectivity index (χ3v) is 3.51. The molecule has 0 bridgehead atoms. The van der Waals surface area contributed by atoms with Gasteiger partial charge in [0.25, 0.3) is 0 Å². The van der Waals surface area contributed by atoms with Crippen molar-refractivity contribution in [1.29, 1.82) is 0 Å². The number of nitrogens with zero attached hydrogens (tertiary/aromatic N) is 1. The average Bonchev–Trinajstić information content (AvgIpc) is 2.53. The minimum Gasteiger partial charge on any atom is -0.294 e. The quantitative estimate of drug-likeness (QED) is 0.595. The number of hydrogen-bond donors (Lipinski definition) is 0. The van der Waals surface area contributed by atoms with E-state index in [1.165, 1.54) is 0 Å². The highest BCUT2D eigenvalue weighted by Gasteiger charge is 2.51. The van der Waals surface area contributed by atoms with E-state index in [0.29, 0.717) is 0 Å². The van der Waals surface area contributed by atoms with Crippen LogP contribution in [0.15, 0.2) is 12.2 Å². The Hall–Kier alpha value is -0.370. The molecule has 74 valence electrons. The normalized spacial score (nSPS) is 39.4. The van der Waals surface area contributed by atoms with Crippen LogP contribution in [0.2, 0.25) is 0 Å². The van der Waals surface area contributed by atoms with Crippen LogP contribution in [0.1, 0.15) is 32.6 Å². The van der Waals surface area contributed by atoms with Gasteiger partial charge in [0.15, 0.2) is 0 Å². The van der Waals surface area contributed by atoms with Crippen molar-refractivity contribution in [1.82, 2.24) is 4.90 Å². The summed E-state index contributed by atoms with van der Waals surface area (Å²) in [6.45, 7) is 7.97. The van der Waals surface area contributed by atoms with Gasteiger partial charge in [0.1, 0.15) is 6.17 Å². The summed E-state index contributed by atoms with van der Waals surface area (Å²) in [6.07, 6.45) is 3.16. The molecule has 2 saturated heterocycles. The molecule has 0 amide bonds. The van der Waals surface area contributed by atoms with Gasteiger partial charge in [-0.25, -0.2) is 4.39 Å². The molecule has 0 saturated carbocycles. The lowest BCUT2D eigenvalue weighted by Gasteiger charge is -2.34. The van der Waals surface area contributed by atoms with Gasteiger partial charge in [0.2, 0.25) is 0 Å². The Morgan fingerprint density at radius 2 is 2.38 bits per heavy atom. The Labute approximate surface area is 79.6 Å². The van der Waals surface area contributed by atoms with Crippen molar-refractivity contribution < 1.29 is 4.39 Å². The molecular formula is C11H18FN. The fourth-order valence-electron chi connectivity index (χ4n) is 3.02. The highest BCUT2D eigenvalue weighted by atomic mass is 19.1. The zero-order valence-electron chi connectivity index (χ0n) is 8.35. The predicted molar refractivity (Wildman–Crippen MR) is 52.5 cm³/mol. The number of rotatable bonds is 2. The van der Waals surface area contributed by atoms with Crippen molar-refractivity contribution in [3.63, 3.8) is 0 Å². The van der Waals surface area contributed by atoms with E-state index >= 15 is 0 Å². The molecule has 0 N–H and O–H groups in total. The zero-order valence-corrected chi connectivity index (χ0v) is 8.35. The molecule has 2 heteroatoms. The molecule has 1 nitrogen and oxygen atoms in total. The van der Waals surface area contributed by atoms with E-state index in [0.717, 1.165) is 44.3 Å². The van der Waals surface area contributed by atoms with Gasteiger partial charge in [-0.05, 0) is 39.2 Å². The molecule has 0 aromatic rings. The molecule has 0 unspecified atom stereocenters. The van der Waals surface area contributed by atoms with Crippen molar-refractivity contribution in [2.24, 2.45) is 0 Å². The summed E-state index contributed by atoms with van der Waals surface area (Å²) >= 11 is 0. The highest BCUT2D eigenvalue weighted by molar-refractivity contribution is 5.12. The summed E-state index contributed by atoms with van der Waals surface area (Å²) in [7, 11) is 0. The maximum absolute atomic E-state index is 13.8. The van der Waals surface area contributed by atoms with Crippen LogP contribution in [0.5, 0.6) is 0 Å². The van der Waals surface area contributed by atoms with Gasteiger partial charge in [-0.1, -0.05) is 5.57 Å². The van der Waals surface area contributed by atoms with Crippen LogP contribution in [0.3, 0.4) is 0 Å². The second-order valence-electron chi connectivity index (χ2n) is 4.58. The molecule has 0 aliphatic carbocycles. The first kappa shape index (κ1) is 9.20. The predicted octanol–water partition coefficient (Wildman–Crippen LogP) is 2.53. The topological polar surface area (TPSA) is 3.24 Å². The third-order valence-electron chi connectivity index (χ3n) is 3.51. The van der Waals surface area contributed by atoms with Crippen molar-refractivity contribution in [3.8, 4) is 0 Å². The van der Waals surface area contributed by atoms with Crippen molar-refractivity contribution in [2.45, 2.75) is 44.3 Å². The van der Waals surface area contributed by atoms with Crippen LogP contribution in [0.25, 0.3) is 0 Å². The van der Waals surface area contributed by atoms with Gasteiger partial charge < -0.3 is 0 Å². The first-order chi connectivity index (χ1) is 6.15. The zero-order chi connectivity index (χ0) is 9.47. The van der Waals surface area contributed by atoms with Crippen molar-refractivity contribution in [3.05, 3.63) is 12.2 Å². The van der Waals surface area contributed by atoms with Crippen LogP contribution < -0.4 is 0 Å². The summed E-state index contributed by atoms with van der Waals surface area (Å²) < 4.78 is 13.8. The van der Waals surface area contributed by atoms with Crippen molar-refractivity contribution >= 4 is 0 Å². The van der Waals surface area contributed by atoms with Gasteiger partial charge >= 0.3 is 0 Å². The average molecular weight is 183 g/mol. The summed E-state index contributed by atoms with van der Waals surface area (Å²) in [5.74, 6) is 0. The second kappa shape index (κ2) is 3.09. The molecule has 2 heterocycles. The van der Waals surface area contributed by atoms with E-state index in [4.69, 9.17) is 0 Å². The lowest BCUT2D eigenvalue weighted by atomic mass is 9.86. The smallest absolute Gasteiger partial charge is 0.120 e. The fourth-order valence-corrected chi connectivity index (χ4v) is 3.02. The molecule has 0 radical (unpaired) electrons. The largest absolute Gasteiger partial charge is 0.294 e. The Morgan fingerprint density at radius 1 is 1.62 bits per heavy atom. The van der Waals surface area contributed by atoms with Gasteiger partial charge in [-0.2, -0.15) is 0 Å². The van der Waals surface area contributed by atoms with Crippen LogP contribution in [-0.2, 0) is 0 Å². The Balaban J connectivity index is 2.19. The lowest BCUT2D eigenvalue weighted by Crippen LogP contribution is -2.44. The standard InChI is InChI=1S/C11H18FN/c1-9(2)8-11-5-3-6-13(11)7-4-10(11)12/h10H,1,3-8H2,2H3/t10-,11-/m0/s1. The summed E-state index contributed by atoms with van der Waals surface area (Å²) in [6, 6.07) is 0. The Kier molecular flexibility index (Phi) is 2.18. The molecule has 0 aromatic heterocycles. The van der Waals surface area contributed by atoms with Crippen LogP contribution in [0.4, 0.5) is 4.39 Å². The Bertz CT molecular complexity index is 226. The molecule has 0 aromatic carbocycles. The van der Waals surface area contributed by atoms with Gasteiger partial charge in [0, 0.05) is 6.54 Å². The third kappa shape index (κ3) is 1.32. The lowest BCUT2D eigenvalue weighted by molar-refractivity contribution is 0.117. The number of fused-ring (bicyclic) bond motifs is 1. The summed E-state index contributed by atoms with van der Waals surface area (Å²) in [4.78, 5) is 2.34. The Morgan fingerprint density at radius 3 is 3.08 bits per heavy atom. The van der Waals surface area contributed by atoms with E-state index in [2.05, 4.69) is 11.5 Å². The van der Waals surface area contributed by atoms with E-state index < -0.39 is 6.17 Å². The molecule has 0 spiro atoms. The number of alkyl halides is 1. The molecule has 13 heavy (non-hydrogen) atoms. The second-order valence-corrected chi connectivity index (χ2v) is 4.58. The van der Waals surface area contributed by atoms with E-state index in [1.54, 1.807) is 0 Å². The summed E-state index contributed by atoms with van der Waals surface area (Å²) in [5, 5.41) is 0. The van der Waals surface area contributed by atoms with Crippen LogP contribution in [0, 0.1) is 0 Å². The number of hydrogen-bond acceptors (Lipinski definition) is 1. The maximum atomic E-state index is 13.8. The molecule has 2 rings (SSSR count). The minimum atomic E-state index is -0.619. The first-order valence-electron chi connectivity index (χ1n) is 5.19. The highest BCUT2D eigenvalue weighted by Crippen LogP contribution is 2.44. The monoisotopic (exact) mass is 183 g/mol. The van der Waals surface area contributed by atoms with Gasteiger partial charge in [-0.3, -0.25) is 4.90 Å². The molecular weight excluding hydrogens is 165 g/mol. The van der Waals surface area contributed by atoms with E-state index in [9.17, 15) is 4.39 Å².